The van der Waals surface area contributed by atoms with Crippen LogP contribution in [0.2, 0.25) is 0 Å². The number of nitrogens with two attached hydrogens (primary N) is 1. The lowest BCUT2D eigenvalue weighted by atomic mass is 10.3. The van der Waals surface area contributed by atoms with E-state index in [0.717, 1.165) is 5.69 Å². The number of carbonyl (C=O) groups excluding carboxylic acids is 1. The van der Waals surface area contributed by atoms with Crippen LogP contribution >= 0.6 is 0 Å². The first-order valence-corrected chi connectivity index (χ1v) is 4.59. The Hall–Kier alpha value is -1.69. The topological polar surface area (TPSA) is 90.1 Å². The summed E-state index contributed by atoms with van der Waals surface area (Å²) < 4.78 is 4.91. The molecule has 1 heterocycles. The first-order valence-electron chi connectivity index (χ1n) is 4.59. The fourth-order valence-corrected chi connectivity index (χ4v) is 0.870. The maximum Gasteiger partial charge on any atom is 0.414 e. The smallest absolute Gasteiger partial charge is 0.391 e. The molecule has 82 valence electrons. The zero-order valence-electron chi connectivity index (χ0n) is 8.73. The van der Waals surface area contributed by atoms with Crippen LogP contribution in [0.25, 0.3) is 0 Å². The maximum atomic E-state index is 11.2. The minimum absolute atomic E-state index is 0.125. The second-order valence-corrected chi connectivity index (χ2v) is 3.17. The van der Waals surface area contributed by atoms with Crippen LogP contribution in [-0.2, 0) is 0 Å². The molecule has 1 atom stereocenters. The van der Waals surface area contributed by atoms with Crippen LogP contribution in [0.4, 0.5) is 4.79 Å². The molecular formula is C9H14N4O2. The number of hydrogen-bond acceptors (Lipinski definition) is 5. The van der Waals surface area contributed by atoms with E-state index in [1.54, 1.807) is 19.9 Å². The van der Waals surface area contributed by atoms with Gasteiger partial charge in [0.05, 0.1) is 0 Å². The maximum absolute atomic E-state index is 11.2. The van der Waals surface area contributed by atoms with Gasteiger partial charge in [-0.2, -0.15) is 0 Å². The number of aromatic nitrogens is 2. The molecule has 3 N–H and O–H groups in total. The first kappa shape index (κ1) is 11.4. The Labute approximate surface area is 87.9 Å². The van der Waals surface area contributed by atoms with Crippen molar-refractivity contribution in [3.05, 3.63) is 18.1 Å². The number of nitrogens with zero attached hydrogens (tertiary/aromatic N) is 2. The van der Waals surface area contributed by atoms with Gasteiger partial charge in [0.25, 0.3) is 0 Å². The average molecular weight is 210 g/mol. The molecule has 6 nitrogen and oxygen atoms in total. The summed E-state index contributed by atoms with van der Waals surface area (Å²) in [5, 5.41) is 2.55. The number of amides is 1. The molecule has 0 aromatic carbocycles. The van der Waals surface area contributed by atoms with Gasteiger partial charge in [-0.3, -0.25) is 0 Å². The third-order valence-corrected chi connectivity index (χ3v) is 1.69. The highest BCUT2D eigenvalue weighted by atomic mass is 16.6. The molecule has 6 heteroatoms. The first-order chi connectivity index (χ1) is 7.11. The Morgan fingerprint density at radius 1 is 1.67 bits per heavy atom. The number of nitrogens with one attached hydrogen (secondary N) is 1. The number of ether oxygens (including phenoxy) is 1. The van der Waals surface area contributed by atoms with Crippen LogP contribution in [0.3, 0.4) is 0 Å². The van der Waals surface area contributed by atoms with Crippen molar-refractivity contribution in [1.29, 1.82) is 0 Å². The van der Waals surface area contributed by atoms with Gasteiger partial charge in [0, 0.05) is 24.3 Å². The van der Waals surface area contributed by atoms with Crippen molar-refractivity contribution < 1.29 is 9.53 Å². The highest BCUT2D eigenvalue weighted by Gasteiger charge is 2.08. The molecule has 1 rings (SSSR count). The minimum atomic E-state index is -0.564. The van der Waals surface area contributed by atoms with Crippen molar-refractivity contribution in [3.8, 4) is 5.88 Å². The molecule has 0 bridgehead atoms. The third-order valence-electron chi connectivity index (χ3n) is 1.69. The monoisotopic (exact) mass is 210 g/mol. The minimum Gasteiger partial charge on any atom is -0.391 e. The summed E-state index contributed by atoms with van der Waals surface area (Å²) in [5.41, 5.74) is 6.08. The second-order valence-electron chi connectivity index (χ2n) is 3.17. The summed E-state index contributed by atoms with van der Waals surface area (Å²) in [4.78, 5) is 18.9. The van der Waals surface area contributed by atoms with Crippen molar-refractivity contribution in [2.75, 3.05) is 6.54 Å². The van der Waals surface area contributed by atoms with Crippen LogP contribution in [0.5, 0.6) is 5.88 Å². The van der Waals surface area contributed by atoms with Gasteiger partial charge in [-0.15, -0.1) is 0 Å². The molecule has 1 unspecified atom stereocenters. The van der Waals surface area contributed by atoms with Crippen molar-refractivity contribution in [3.63, 3.8) is 0 Å². The van der Waals surface area contributed by atoms with E-state index in [1.807, 2.05) is 0 Å². The van der Waals surface area contributed by atoms with E-state index in [-0.39, 0.29) is 11.9 Å². The average Bonchev–Trinajstić information content (AvgIpc) is 2.17. The fourth-order valence-electron chi connectivity index (χ4n) is 0.870. The Kier molecular flexibility index (Phi) is 3.99. The van der Waals surface area contributed by atoms with E-state index in [9.17, 15) is 4.79 Å². The lowest BCUT2D eigenvalue weighted by Gasteiger charge is -2.10. The highest BCUT2D eigenvalue weighted by molar-refractivity contribution is 5.70. The van der Waals surface area contributed by atoms with Crippen molar-refractivity contribution in [2.45, 2.75) is 19.9 Å². The van der Waals surface area contributed by atoms with Gasteiger partial charge in [-0.1, -0.05) is 0 Å². The normalized spacial score (nSPS) is 11.9. The van der Waals surface area contributed by atoms with E-state index >= 15 is 0 Å². The van der Waals surface area contributed by atoms with Crippen molar-refractivity contribution >= 4 is 6.09 Å². The molecule has 0 saturated heterocycles. The van der Waals surface area contributed by atoms with Crippen LogP contribution < -0.4 is 15.8 Å². The second kappa shape index (κ2) is 5.26. The molecule has 1 aromatic rings. The van der Waals surface area contributed by atoms with Gasteiger partial charge in [0.1, 0.15) is 6.33 Å². The van der Waals surface area contributed by atoms with Gasteiger partial charge >= 0.3 is 6.09 Å². The Bertz CT molecular complexity index is 343. The summed E-state index contributed by atoms with van der Waals surface area (Å²) in [6.07, 6.45) is 0.774. The van der Waals surface area contributed by atoms with Crippen molar-refractivity contribution in [1.82, 2.24) is 15.3 Å². The van der Waals surface area contributed by atoms with Gasteiger partial charge < -0.3 is 15.8 Å². The Morgan fingerprint density at radius 3 is 3.00 bits per heavy atom. The molecule has 1 aromatic heterocycles. The molecular weight excluding hydrogens is 196 g/mol. The molecule has 1 amide bonds. The van der Waals surface area contributed by atoms with Gasteiger partial charge in [0.2, 0.25) is 5.88 Å². The lowest BCUT2D eigenvalue weighted by molar-refractivity contribution is 0.195. The Morgan fingerprint density at radius 2 is 2.40 bits per heavy atom. The Balaban J connectivity index is 2.51. The zero-order chi connectivity index (χ0) is 11.3. The number of rotatable bonds is 3. The van der Waals surface area contributed by atoms with E-state index in [4.69, 9.17) is 10.5 Å². The van der Waals surface area contributed by atoms with Crippen LogP contribution in [0, 0.1) is 6.92 Å². The number of carbonyl (C=O) groups is 1. The molecule has 0 fully saturated rings. The summed E-state index contributed by atoms with van der Waals surface area (Å²) in [5.74, 6) is 0.226. The van der Waals surface area contributed by atoms with Gasteiger partial charge in [-0.25, -0.2) is 14.8 Å². The van der Waals surface area contributed by atoms with E-state index in [2.05, 4.69) is 15.3 Å². The number of aryl methyl sites for hydroxylation is 1. The molecule has 0 radical (unpaired) electrons. The predicted octanol–water partition coefficient (Wildman–Crippen LogP) is 0.221. The standard InChI is InChI=1S/C9H14N4O2/c1-6-3-8(12-5-11-6)15-9(14)13-7(2)4-10/h3,5,7H,4,10H2,1-2H3,(H,13,14). The quantitative estimate of drug-likeness (QED) is 0.744. The SMILES string of the molecule is Cc1cc(OC(=O)NC(C)CN)ncn1. The van der Waals surface area contributed by atoms with Gasteiger partial charge in [-0.05, 0) is 13.8 Å². The van der Waals surface area contributed by atoms with Crippen LogP contribution in [0.1, 0.15) is 12.6 Å². The third kappa shape index (κ3) is 3.90. The number of hydrogen-bond donors (Lipinski definition) is 2. The fraction of sp³-hybridized carbons (Fsp3) is 0.444. The summed E-state index contributed by atoms with van der Waals surface area (Å²) >= 11 is 0. The van der Waals surface area contributed by atoms with Gasteiger partial charge in [0.15, 0.2) is 0 Å². The summed E-state index contributed by atoms with van der Waals surface area (Å²) in [7, 11) is 0. The van der Waals surface area contributed by atoms with E-state index < -0.39 is 6.09 Å². The zero-order valence-corrected chi connectivity index (χ0v) is 8.73. The summed E-state index contributed by atoms with van der Waals surface area (Å²) in [6, 6.07) is 1.45. The lowest BCUT2D eigenvalue weighted by Crippen LogP contribution is -2.39. The summed E-state index contributed by atoms with van der Waals surface area (Å²) in [6.45, 7) is 3.93. The van der Waals surface area contributed by atoms with Crippen LogP contribution in [-0.4, -0.2) is 28.6 Å². The predicted molar refractivity (Wildman–Crippen MR) is 54.4 cm³/mol. The molecule has 15 heavy (non-hydrogen) atoms. The van der Waals surface area contributed by atoms with E-state index in [0.29, 0.717) is 6.54 Å². The van der Waals surface area contributed by atoms with E-state index in [1.165, 1.54) is 6.33 Å². The molecule has 0 aliphatic carbocycles. The molecule has 0 saturated carbocycles. The molecule has 0 aliphatic heterocycles. The van der Waals surface area contributed by atoms with Crippen LogP contribution in [0.15, 0.2) is 12.4 Å². The van der Waals surface area contributed by atoms with Crippen molar-refractivity contribution in [2.24, 2.45) is 5.73 Å². The molecule has 0 aliphatic rings. The molecule has 0 spiro atoms. The largest absolute Gasteiger partial charge is 0.414 e. The highest BCUT2D eigenvalue weighted by Crippen LogP contribution is 2.05.